The molecular weight excluding hydrogens is 805 g/mol. The number of halogens is 9. The van der Waals surface area contributed by atoms with E-state index in [4.69, 9.17) is 3.02 Å². The van der Waals surface area contributed by atoms with Gasteiger partial charge in [-0.15, -0.1) is 0 Å². The molecule has 0 aromatic heterocycles. The van der Waals surface area contributed by atoms with Crippen molar-refractivity contribution in [3.05, 3.63) is 162 Å². The van der Waals surface area contributed by atoms with Crippen LogP contribution in [-0.4, -0.2) is 41.5 Å². The monoisotopic (exact) mass is 838 g/mol. The third kappa shape index (κ3) is 5.17. The fourth-order valence-electron chi connectivity index (χ4n) is 7.80. The van der Waals surface area contributed by atoms with Gasteiger partial charge in [0.1, 0.15) is 0 Å². The Labute approximate surface area is 296 Å². The van der Waals surface area contributed by atoms with Gasteiger partial charge in [-0.3, -0.25) is 0 Å². The molecule has 2 atom stereocenters. The van der Waals surface area contributed by atoms with Crippen molar-refractivity contribution in [3.63, 3.8) is 0 Å². The second-order valence-corrected chi connectivity index (χ2v) is 26.6. The number of fused-ring (bicyclic) bond motifs is 1. The summed E-state index contributed by atoms with van der Waals surface area (Å²) in [7, 11) is 0. The number of hydrogen-bond donors (Lipinski definition) is 1. The van der Waals surface area contributed by atoms with Crippen molar-refractivity contribution in [2.75, 3.05) is 0 Å². The molecule has 1 heterocycles. The molecule has 0 bridgehead atoms. The Morgan fingerprint density at radius 3 is 1.46 bits per heavy atom. The Morgan fingerprint density at radius 1 is 0.538 bits per heavy atom. The summed E-state index contributed by atoms with van der Waals surface area (Å²) in [5.74, 6) is 0. The zero-order valence-corrected chi connectivity index (χ0v) is 30.6. The summed E-state index contributed by atoms with van der Waals surface area (Å²) in [5.41, 5.74) is -11.7. The third-order valence-electron chi connectivity index (χ3n) is 10.1. The van der Waals surface area contributed by atoms with Crippen molar-refractivity contribution >= 4 is 28.3 Å². The predicted molar refractivity (Wildman–Crippen MR) is 183 cm³/mol. The molecule has 2 nitrogen and oxygen atoms in total. The van der Waals surface area contributed by atoms with Gasteiger partial charge in [0.15, 0.2) is 0 Å². The Balaban J connectivity index is 2.02. The first-order chi connectivity index (χ1) is 24.2. The molecule has 0 fully saturated rings. The van der Waals surface area contributed by atoms with E-state index in [0.717, 1.165) is 24.3 Å². The van der Waals surface area contributed by atoms with Crippen LogP contribution in [0.25, 0.3) is 0 Å². The first kappa shape index (κ1) is 37.9. The average molecular weight is 839 g/mol. The van der Waals surface area contributed by atoms with Crippen LogP contribution in [0.2, 0.25) is 0 Å². The van der Waals surface area contributed by atoms with Crippen LogP contribution in [0, 0.1) is 0 Å². The van der Waals surface area contributed by atoms with E-state index in [-0.39, 0.29) is 12.6 Å². The van der Waals surface area contributed by atoms with Gasteiger partial charge in [-0.1, -0.05) is 0 Å². The van der Waals surface area contributed by atoms with E-state index in [1.54, 1.807) is 0 Å². The van der Waals surface area contributed by atoms with E-state index in [0.29, 0.717) is 11.6 Å². The molecule has 0 radical (unpaired) electrons. The molecule has 0 saturated heterocycles. The molecule has 0 saturated carbocycles. The zero-order chi connectivity index (χ0) is 38.0. The summed E-state index contributed by atoms with van der Waals surface area (Å²) in [6, 6.07) is 28.1. The zero-order valence-electron chi connectivity index (χ0n) is 28.1. The molecule has 0 spiro atoms. The molecule has 52 heavy (non-hydrogen) atoms. The minimum atomic E-state index is -7.96. The molecule has 5 aromatic carbocycles. The van der Waals surface area contributed by atoms with Gasteiger partial charge in [0.25, 0.3) is 0 Å². The second-order valence-electron chi connectivity index (χ2n) is 14.0. The van der Waals surface area contributed by atoms with Crippen molar-refractivity contribution in [1.29, 1.82) is 0 Å². The summed E-state index contributed by atoms with van der Waals surface area (Å²) >= 11 is -7.96. The third-order valence-corrected chi connectivity index (χ3v) is 28.0. The fourth-order valence-corrected chi connectivity index (χ4v) is 28.8. The molecule has 6 rings (SSSR count). The topological polar surface area (TPSA) is 29.5 Å². The first-order valence-electron chi connectivity index (χ1n) is 16.2. The Bertz CT molecular complexity index is 2030. The van der Waals surface area contributed by atoms with E-state index in [1.165, 1.54) is 109 Å². The van der Waals surface area contributed by atoms with Crippen molar-refractivity contribution in [3.8, 4) is 0 Å². The van der Waals surface area contributed by atoms with Crippen LogP contribution in [0.4, 0.5) is 39.5 Å². The number of hydrogen-bond acceptors (Lipinski definition) is 2. The molecule has 1 aliphatic rings. The van der Waals surface area contributed by atoms with Crippen molar-refractivity contribution < 1.29 is 47.6 Å². The van der Waals surface area contributed by atoms with Crippen molar-refractivity contribution in [2.24, 2.45) is 0 Å². The van der Waals surface area contributed by atoms with Gasteiger partial charge < -0.3 is 0 Å². The molecule has 0 amide bonds. The van der Waals surface area contributed by atoms with Crippen LogP contribution >= 0.6 is 0 Å². The number of rotatable bonds is 6. The number of aliphatic hydroxyl groups is 1. The van der Waals surface area contributed by atoms with Crippen molar-refractivity contribution in [1.82, 2.24) is 0 Å². The van der Waals surface area contributed by atoms with E-state index >= 15 is 39.5 Å². The summed E-state index contributed by atoms with van der Waals surface area (Å²) < 4.78 is 146. The van der Waals surface area contributed by atoms with Crippen LogP contribution in [0.1, 0.15) is 46.9 Å². The first-order valence-corrected chi connectivity index (χ1v) is 22.5. The molecule has 274 valence electrons. The van der Waals surface area contributed by atoms with E-state index in [1.807, 2.05) is 20.8 Å². The number of alkyl halides is 9. The molecule has 0 unspecified atom stereocenters. The summed E-state index contributed by atoms with van der Waals surface area (Å²) in [6.07, 6.45) is -18.2. The normalized spacial score (nSPS) is 19.4. The van der Waals surface area contributed by atoms with Crippen LogP contribution in [0.3, 0.4) is 0 Å². The molecule has 5 aromatic rings. The Kier molecular flexibility index (Phi) is 9.04. The van der Waals surface area contributed by atoms with Crippen molar-refractivity contribution in [2.45, 2.75) is 59.8 Å². The summed E-state index contributed by atoms with van der Waals surface area (Å²) in [6.45, 7) is 5.49. The molecule has 1 aliphatic heterocycles. The van der Waals surface area contributed by atoms with Crippen LogP contribution in [0.15, 0.2) is 140 Å². The van der Waals surface area contributed by atoms with Crippen LogP contribution in [-0.2, 0) is 19.6 Å². The van der Waals surface area contributed by atoms with Gasteiger partial charge in [0.05, 0.1) is 0 Å². The van der Waals surface area contributed by atoms with Crippen LogP contribution < -0.4 is 10.5 Å². The predicted octanol–water partition coefficient (Wildman–Crippen LogP) is 9.03. The van der Waals surface area contributed by atoms with Gasteiger partial charge >= 0.3 is 298 Å². The average Bonchev–Trinajstić information content (AvgIpc) is 3.40. The fraction of sp³-hybridized carbons (Fsp3) is 0.250. The quantitative estimate of drug-likeness (QED) is 0.137. The van der Waals surface area contributed by atoms with Gasteiger partial charge in [-0.05, 0) is 0 Å². The molecule has 1 N–H and O–H groups in total. The minimum absolute atomic E-state index is 0.303. The van der Waals surface area contributed by atoms with Gasteiger partial charge in [-0.25, -0.2) is 0 Å². The molecule has 0 aliphatic carbocycles. The number of benzene rings is 5. The SMILES string of the molecule is CC(C)(C)c1cc[c]([Sb]2([c]3ccccc3)([C@@H](c3ccccc3)[C@](O)(c3ccccc3)C(F)(F)F)[O]C(C(F)(F)F)(C(F)(F)F)c3cccc[c]32)cc1. The van der Waals surface area contributed by atoms with Gasteiger partial charge in [0, 0.05) is 0 Å². The summed E-state index contributed by atoms with van der Waals surface area (Å²) in [4.78, 5) is 0. The van der Waals surface area contributed by atoms with Gasteiger partial charge in [-0.2, -0.15) is 0 Å². The standard InChI is InChI=1S/C15H12F3O.C10H13.C9H4F6O.C6H5.Sb/c16-15(17,18)14(19,13-9-5-2-6-10-13)11-12-7-3-1-4-8-12;1-10(2,3)9-7-5-4-6-8-9;10-8(11,12)7(16,9(13,14)15)6-4-2-1-3-5-6;1-2-4-6-5-3-1;/h1-11,19H;5-8H,1-3H3;1-4H;1-5H;/q;;-1;;+1/t14-;;;;/m0..../s1. The van der Waals surface area contributed by atoms with E-state index < -0.39 is 71.5 Å². The maximum absolute atomic E-state index is 16.3. The second kappa shape index (κ2) is 12.4. The Hall–Kier alpha value is -3.79. The van der Waals surface area contributed by atoms with Gasteiger partial charge in [0.2, 0.25) is 0 Å². The molecular formula is C40H34F9O2Sb. The molecule has 12 heteroatoms. The van der Waals surface area contributed by atoms with E-state index in [2.05, 4.69) is 0 Å². The summed E-state index contributed by atoms with van der Waals surface area (Å²) in [5, 5.41) is 12.8. The van der Waals surface area contributed by atoms with Crippen LogP contribution in [0.5, 0.6) is 0 Å². The van der Waals surface area contributed by atoms with E-state index in [9.17, 15) is 5.11 Å². The Morgan fingerprint density at radius 2 is 0.981 bits per heavy atom. The maximum atomic E-state index is 16.3.